The Morgan fingerprint density at radius 3 is 2.91 bits per heavy atom. The van der Waals surface area contributed by atoms with Gasteiger partial charge in [-0.25, -0.2) is 0 Å². The molecule has 2 atom stereocenters. The maximum Gasteiger partial charge on any atom is 0.0661 e. The summed E-state index contributed by atoms with van der Waals surface area (Å²) in [5, 5.41) is 0. The number of hydrogen-bond acceptors (Lipinski definition) is 1. The fourth-order valence-corrected chi connectivity index (χ4v) is 2.49. The van der Waals surface area contributed by atoms with Gasteiger partial charge in [0.25, 0.3) is 0 Å². The van der Waals surface area contributed by atoms with Gasteiger partial charge in [0.2, 0.25) is 0 Å². The Hall–Kier alpha value is -0.300. The molecule has 62 valence electrons. The van der Waals surface area contributed by atoms with E-state index in [1.165, 1.54) is 18.4 Å². The monoisotopic (exact) mass is 152 g/mol. The van der Waals surface area contributed by atoms with Gasteiger partial charge < -0.3 is 4.74 Å². The highest BCUT2D eigenvalue weighted by molar-refractivity contribution is 5.14. The summed E-state index contributed by atoms with van der Waals surface area (Å²) in [5.41, 5.74) is 1.53. The van der Waals surface area contributed by atoms with Crippen molar-refractivity contribution in [3.8, 4) is 0 Å². The van der Waals surface area contributed by atoms with Crippen LogP contribution >= 0.6 is 0 Å². The van der Waals surface area contributed by atoms with Crippen LogP contribution in [-0.2, 0) is 4.74 Å². The van der Waals surface area contributed by atoms with Crippen molar-refractivity contribution in [1.82, 2.24) is 0 Å². The van der Waals surface area contributed by atoms with E-state index in [9.17, 15) is 0 Å². The van der Waals surface area contributed by atoms with E-state index in [4.69, 9.17) is 4.74 Å². The normalized spacial score (nSPS) is 41.1. The highest BCUT2D eigenvalue weighted by Crippen LogP contribution is 2.48. The Morgan fingerprint density at radius 1 is 1.55 bits per heavy atom. The van der Waals surface area contributed by atoms with Gasteiger partial charge in [-0.05, 0) is 32.6 Å². The van der Waals surface area contributed by atoms with Crippen LogP contribution in [0.2, 0.25) is 0 Å². The van der Waals surface area contributed by atoms with Gasteiger partial charge in [-0.2, -0.15) is 0 Å². The minimum Gasteiger partial charge on any atom is -0.375 e. The molecule has 0 aromatic heterocycles. The van der Waals surface area contributed by atoms with Crippen LogP contribution in [0.25, 0.3) is 0 Å². The van der Waals surface area contributed by atoms with Crippen LogP contribution < -0.4 is 0 Å². The maximum absolute atomic E-state index is 5.72. The van der Waals surface area contributed by atoms with E-state index < -0.39 is 0 Å². The lowest BCUT2D eigenvalue weighted by Gasteiger charge is -2.24. The quantitative estimate of drug-likeness (QED) is 0.484. The second-order valence-corrected chi connectivity index (χ2v) is 4.32. The first kappa shape index (κ1) is 7.35. The van der Waals surface area contributed by atoms with Crippen molar-refractivity contribution in [2.75, 3.05) is 6.61 Å². The molecule has 1 aliphatic carbocycles. The van der Waals surface area contributed by atoms with Crippen molar-refractivity contribution in [3.63, 3.8) is 0 Å². The van der Waals surface area contributed by atoms with Crippen molar-refractivity contribution in [1.29, 1.82) is 0 Å². The SMILES string of the molecule is C=C1CCC2C1COC2(C)C. The molecular weight excluding hydrogens is 136 g/mol. The summed E-state index contributed by atoms with van der Waals surface area (Å²) < 4.78 is 5.72. The molecule has 11 heavy (non-hydrogen) atoms. The number of rotatable bonds is 0. The van der Waals surface area contributed by atoms with E-state index >= 15 is 0 Å². The molecule has 1 aliphatic heterocycles. The average molecular weight is 152 g/mol. The van der Waals surface area contributed by atoms with Crippen molar-refractivity contribution in [3.05, 3.63) is 12.2 Å². The van der Waals surface area contributed by atoms with Crippen molar-refractivity contribution in [2.45, 2.75) is 32.3 Å². The first-order valence-corrected chi connectivity index (χ1v) is 4.43. The minimum atomic E-state index is 0.115. The molecule has 1 heteroatoms. The van der Waals surface area contributed by atoms with Crippen LogP contribution in [0, 0.1) is 11.8 Å². The molecule has 2 aliphatic rings. The zero-order valence-electron chi connectivity index (χ0n) is 7.39. The first-order valence-electron chi connectivity index (χ1n) is 4.43. The van der Waals surface area contributed by atoms with E-state index in [1.54, 1.807) is 0 Å². The van der Waals surface area contributed by atoms with Crippen LogP contribution in [0.3, 0.4) is 0 Å². The molecule has 2 unspecified atom stereocenters. The maximum atomic E-state index is 5.72. The Balaban J connectivity index is 2.23. The van der Waals surface area contributed by atoms with Crippen LogP contribution in [0.1, 0.15) is 26.7 Å². The van der Waals surface area contributed by atoms with Gasteiger partial charge in [0.15, 0.2) is 0 Å². The Labute approximate surface area is 68.4 Å². The molecule has 0 aromatic carbocycles. The zero-order chi connectivity index (χ0) is 8.06. The smallest absolute Gasteiger partial charge is 0.0661 e. The fourth-order valence-electron chi connectivity index (χ4n) is 2.49. The van der Waals surface area contributed by atoms with E-state index in [-0.39, 0.29) is 5.60 Å². The first-order chi connectivity index (χ1) is 5.11. The summed E-state index contributed by atoms with van der Waals surface area (Å²) in [6, 6.07) is 0. The molecule has 1 nitrogen and oxygen atoms in total. The van der Waals surface area contributed by atoms with Gasteiger partial charge in [0.05, 0.1) is 12.2 Å². The summed E-state index contributed by atoms with van der Waals surface area (Å²) in [4.78, 5) is 0. The van der Waals surface area contributed by atoms with E-state index in [0.29, 0.717) is 5.92 Å². The third-order valence-corrected chi connectivity index (χ3v) is 3.31. The highest BCUT2D eigenvalue weighted by atomic mass is 16.5. The van der Waals surface area contributed by atoms with Crippen molar-refractivity contribution in [2.24, 2.45) is 11.8 Å². The molecule has 0 aromatic rings. The molecule has 0 N–H and O–H groups in total. The van der Waals surface area contributed by atoms with Gasteiger partial charge in [-0.3, -0.25) is 0 Å². The Bertz CT molecular complexity index is 193. The molecule has 1 saturated carbocycles. The third kappa shape index (κ3) is 0.943. The van der Waals surface area contributed by atoms with Crippen molar-refractivity contribution < 1.29 is 4.74 Å². The molecular formula is C10H16O. The predicted molar refractivity (Wildman–Crippen MR) is 45.4 cm³/mol. The highest BCUT2D eigenvalue weighted by Gasteiger charge is 2.46. The van der Waals surface area contributed by atoms with E-state index in [0.717, 1.165) is 12.5 Å². The van der Waals surface area contributed by atoms with Crippen LogP contribution in [0.15, 0.2) is 12.2 Å². The van der Waals surface area contributed by atoms with Gasteiger partial charge in [-0.1, -0.05) is 12.2 Å². The predicted octanol–water partition coefficient (Wildman–Crippen LogP) is 2.38. The second kappa shape index (κ2) is 2.10. The zero-order valence-corrected chi connectivity index (χ0v) is 7.39. The molecule has 1 saturated heterocycles. The van der Waals surface area contributed by atoms with Crippen LogP contribution in [0.5, 0.6) is 0 Å². The lowest BCUT2D eigenvalue weighted by Crippen LogP contribution is -2.27. The molecule has 0 radical (unpaired) electrons. The summed E-state index contributed by atoms with van der Waals surface area (Å²) in [6.45, 7) is 9.40. The molecule has 0 bridgehead atoms. The second-order valence-electron chi connectivity index (χ2n) is 4.32. The van der Waals surface area contributed by atoms with Crippen LogP contribution in [0.4, 0.5) is 0 Å². The lowest BCUT2D eigenvalue weighted by atomic mass is 9.85. The topological polar surface area (TPSA) is 9.23 Å². The summed E-state index contributed by atoms with van der Waals surface area (Å²) in [6.07, 6.45) is 2.51. The summed E-state index contributed by atoms with van der Waals surface area (Å²) in [5.74, 6) is 1.42. The fraction of sp³-hybridized carbons (Fsp3) is 0.800. The van der Waals surface area contributed by atoms with Gasteiger partial charge in [0.1, 0.15) is 0 Å². The minimum absolute atomic E-state index is 0.115. The molecule has 1 heterocycles. The van der Waals surface area contributed by atoms with Crippen molar-refractivity contribution >= 4 is 0 Å². The van der Waals surface area contributed by atoms with Crippen LogP contribution in [-0.4, -0.2) is 12.2 Å². The summed E-state index contributed by atoms with van der Waals surface area (Å²) >= 11 is 0. The largest absolute Gasteiger partial charge is 0.375 e. The molecule has 2 fully saturated rings. The van der Waals surface area contributed by atoms with Gasteiger partial charge in [0, 0.05) is 5.92 Å². The Kier molecular flexibility index (Phi) is 1.40. The summed E-state index contributed by atoms with van der Waals surface area (Å²) in [7, 11) is 0. The van der Waals surface area contributed by atoms with E-state index in [2.05, 4.69) is 20.4 Å². The molecule has 2 rings (SSSR count). The Morgan fingerprint density at radius 2 is 2.27 bits per heavy atom. The molecule has 0 amide bonds. The standard InChI is InChI=1S/C10H16O/c1-7-4-5-9-8(7)6-11-10(9,2)3/h8-9H,1,4-6H2,2-3H3. The number of fused-ring (bicyclic) bond motifs is 1. The van der Waals surface area contributed by atoms with Gasteiger partial charge >= 0.3 is 0 Å². The number of ether oxygens (including phenoxy) is 1. The molecule has 0 spiro atoms. The van der Waals surface area contributed by atoms with E-state index in [1.807, 2.05) is 0 Å². The third-order valence-electron chi connectivity index (χ3n) is 3.31. The van der Waals surface area contributed by atoms with Gasteiger partial charge in [-0.15, -0.1) is 0 Å². The number of hydrogen-bond donors (Lipinski definition) is 0. The average Bonchev–Trinajstić information content (AvgIpc) is 2.39. The lowest BCUT2D eigenvalue weighted by molar-refractivity contribution is 0.00930.